The summed E-state index contributed by atoms with van der Waals surface area (Å²) in [5, 5.41) is 0.595. The average Bonchev–Trinajstić information content (AvgIpc) is 2.85. The minimum Gasteiger partial charge on any atom is -0.268 e. The number of aliphatic imine (C=N–C) groups is 1. The predicted molar refractivity (Wildman–Crippen MR) is 131 cm³/mol. The van der Waals surface area contributed by atoms with E-state index in [1.807, 2.05) is 116 Å². The highest BCUT2D eigenvalue weighted by Gasteiger charge is 2.14. The van der Waals surface area contributed by atoms with Crippen LogP contribution in [0.2, 0.25) is 0 Å². The van der Waals surface area contributed by atoms with Gasteiger partial charge in [-0.25, -0.2) is 4.98 Å². The number of hydrogen-bond acceptors (Lipinski definition) is 3. The van der Waals surface area contributed by atoms with Crippen LogP contribution in [0.25, 0.3) is 28.0 Å². The Labute approximate surface area is 186 Å². The molecule has 0 radical (unpaired) electrons. The van der Waals surface area contributed by atoms with Crippen LogP contribution in [0, 0.1) is 0 Å². The summed E-state index contributed by atoms with van der Waals surface area (Å²) in [6.07, 6.45) is 0. The Morgan fingerprint density at radius 1 is 0.750 bits per heavy atom. The van der Waals surface area contributed by atoms with E-state index in [9.17, 15) is 4.79 Å². The Kier molecular flexibility index (Phi) is 5.18. The number of para-hydroxylation sites is 2. The highest BCUT2D eigenvalue weighted by Crippen LogP contribution is 2.23. The van der Waals surface area contributed by atoms with E-state index in [1.54, 1.807) is 4.57 Å². The second kappa shape index (κ2) is 8.44. The van der Waals surface area contributed by atoms with Crippen LogP contribution in [-0.4, -0.2) is 15.3 Å². The quantitative estimate of drug-likeness (QED) is 0.328. The standard InChI is InChI=1S/C28H21N3O/c1-20(29-23-12-6-3-7-13-23)21-16-18-24(19-17-21)31-27(22-10-4-2-5-11-22)30-26-15-9-8-14-25(26)28(31)32/h2-19H,1H3. The van der Waals surface area contributed by atoms with E-state index in [-0.39, 0.29) is 5.56 Å². The molecule has 0 atom stereocenters. The number of benzene rings is 4. The molecule has 32 heavy (non-hydrogen) atoms. The summed E-state index contributed by atoms with van der Waals surface area (Å²) < 4.78 is 1.69. The maximum atomic E-state index is 13.5. The third-order valence-electron chi connectivity index (χ3n) is 5.40. The van der Waals surface area contributed by atoms with Crippen LogP contribution in [0.3, 0.4) is 0 Å². The molecule has 4 nitrogen and oxygen atoms in total. The molecule has 154 valence electrons. The fourth-order valence-electron chi connectivity index (χ4n) is 3.77. The number of fused-ring (bicyclic) bond motifs is 1. The number of rotatable bonds is 4. The van der Waals surface area contributed by atoms with E-state index in [4.69, 9.17) is 9.98 Å². The van der Waals surface area contributed by atoms with E-state index in [2.05, 4.69) is 0 Å². The lowest BCUT2D eigenvalue weighted by Crippen LogP contribution is -2.22. The summed E-state index contributed by atoms with van der Waals surface area (Å²) in [6, 6.07) is 35.0. The van der Waals surface area contributed by atoms with Crippen molar-refractivity contribution >= 4 is 22.3 Å². The van der Waals surface area contributed by atoms with Crippen LogP contribution in [0.1, 0.15) is 12.5 Å². The highest BCUT2D eigenvalue weighted by atomic mass is 16.1. The summed E-state index contributed by atoms with van der Waals surface area (Å²) >= 11 is 0. The topological polar surface area (TPSA) is 47.2 Å². The lowest BCUT2D eigenvalue weighted by molar-refractivity contribution is 0.976. The van der Waals surface area contributed by atoms with Gasteiger partial charge < -0.3 is 0 Å². The van der Waals surface area contributed by atoms with E-state index in [1.165, 1.54) is 0 Å². The fourth-order valence-corrected chi connectivity index (χ4v) is 3.77. The van der Waals surface area contributed by atoms with Gasteiger partial charge in [-0.05, 0) is 48.9 Å². The summed E-state index contributed by atoms with van der Waals surface area (Å²) in [5.41, 5.74) is 5.09. The van der Waals surface area contributed by atoms with Crippen LogP contribution < -0.4 is 5.56 Å². The average molecular weight is 415 g/mol. The second-order valence-corrected chi connectivity index (χ2v) is 7.54. The van der Waals surface area contributed by atoms with Crippen LogP contribution in [0.5, 0.6) is 0 Å². The molecule has 5 rings (SSSR count). The van der Waals surface area contributed by atoms with Crippen LogP contribution >= 0.6 is 0 Å². The van der Waals surface area contributed by atoms with Crippen molar-refractivity contribution in [1.82, 2.24) is 9.55 Å². The molecule has 0 saturated heterocycles. The molecule has 5 aromatic rings. The molecule has 4 heteroatoms. The van der Waals surface area contributed by atoms with Crippen molar-refractivity contribution in [3.8, 4) is 17.1 Å². The van der Waals surface area contributed by atoms with Gasteiger partial charge in [-0.1, -0.05) is 72.8 Å². The third-order valence-corrected chi connectivity index (χ3v) is 5.40. The van der Waals surface area contributed by atoms with Gasteiger partial charge in [-0.3, -0.25) is 14.4 Å². The van der Waals surface area contributed by atoms with Crippen molar-refractivity contribution in [3.05, 3.63) is 125 Å². The molecule has 4 aromatic carbocycles. The van der Waals surface area contributed by atoms with Crippen molar-refractivity contribution in [2.75, 3.05) is 0 Å². The molecular formula is C28H21N3O. The van der Waals surface area contributed by atoms with E-state index in [0.29, 0.717) is 16.7 Å². The zero-order valence-electron chi connectivity index (χ0n) is 17.6. The Morgan fingerprint density at radius 2 is 1.38 bits per heavy atom. The molecule has 1 heterocycles. The van der Waals surface area contributed by atoms with Gasteiger partial charge in [0.05, 0.1) is 22.3 Å². The van der Waals surface area contributed by atoms with Gasteiger partial charge in [0.1, 0.15) is 5.82 Å². The molecule has 0 N–H and O–H groups in total. The van der Waals surface area contributed by atoms with Crippen molar-refractivity contribution in [1.29, 1.82) is 0 Å². The maximum Gasteiger partial charge on any atom is 0.266 e. The minimum atomic E-state index is -0.0862. The van der Waals surface area contributed by atoms with Gasteiger partial charge in [-0.2, -0.15) is 0 Å². The summed E-state index contributed by atoms with van der Waals surface area (Å²) in [4.78, 5) is 23.0. The first-order valence-corrected chi connectivity index (χ1v) is 10.5. The zero-order chi connectivity index (χ0) is 21.9. The van der Waals surface area contributed by atoms with Gasteiger partial charge in [0.15, 0.2) is 0 Å². The third kappa shape index (κ3) is 3.74. The fraction of sp³-hybridized carbons (Fsp3) is 0.0357. The maximum absolute atomic E-state index is 13.5. The van der Waals surface area contributed by atoms with Crippen molar-refractivity contribution < 1.29 is 0 Å². The summed E-state index contributed by atoms with van der Waals surface area (Å²) in [5.74, 6) is 0.622. The molecule has 0 aliphatic heterocycles. The minimum absolute atomic E-state index is 0.0862. The van der Waals surface area contributed by atoms with Gasteiger partial charge >= 0.3 is 0 Å². The Morgan fingerprint density at radius 3 is 2.09 bits per heavy atom. The molecule has 1 aromatic heterocycles. The lowest BCUT2D eigenvalue weighted by Gasteiger charge is -2.14. The van der Waals surface area contributed by atoms with Crippen LogP contribution in [0.4, 0.5) is 5.69 Å². The van der Waals surface area contributed by atoms with Crippen LogP contribution in [-0.2, 0) is 0 Å². The largest absolute Gasteiger partial charge is 0.268 e. The number of aromatic nitrogens is 2. The molecule has 0 fully saturated rings. The Balaban J connectivity index is 1.64. The number of nitrogens with zero attached hydrogens (tertiary/aromatic N) is 3. The first kappa shape index (κ1) is 19.6. The lowest BCUT2D eigenvalue weighted by atomic mass is 10.1. The monoisotopic (exact) mass is 415 g/mol. The SMILES string of the molecule is CC(=Nc1ccccc1)c1ccc(-n2c(-c3ccccc3)nc3ccccc3c2=O)cc1. The summed E-state index contributed by atoms with van der Waals surface area (Å²) in [6.45, 7) is 1.99. The molecule has 0 saturated carbocycles. The molecule has 0 aliphatic carbocycles. The molecular weight excluding hydrogens is 394 g/mol. The van der Waals surface area contributed by atoms with Gasteiger partial charge in [0.2, 0.25) is 0 Å². The normalized spacial score (nSPS) is 11.6. The smallest absolute Gasteiger partial charge is 0.266 e. The van der Waals surface area contributed by atoms with Crippen molar-refractivity contribution in [2.24, 2.45) is 4.99 Å². The predicted octanol–water partition coefficient (Wildman–Crippen LogP) is 6.19. The number of hydrogen-bond donors (Lipinski definition) is 0. The first-order chi connectivity index (χ1) is 15.7. The van der Waals surface area contributed by atoms with Crippen LogP contribution in [0.15, 0.2) is 119 Å². The van der Waals surface area contributed by atoms with E-state index < -0.39 is 0 Å². The molecule has 0 amide bonds. The van der Waals surface area contributed by atoms with Crippen molar-refractivity contribution in [3.63, 3.8) is 0 Å². The highest BCUT2D eigenvalue weighted by molar-refractivity contribution is 6.00. The van der Waals surface area contributed by atoms with E-state index in [0.717, 1.165) is 28.2 Å². The first-order valence-electron chi connectivity index (χ1n) is 10.5. The molecule has 0 unspecified atom stereocenters. The van der Waals surface area contributed by atoms with Gasteiger partial charge in [0, 0.05) is 11.3 Å². The zero-order valence-corrected chi connectivity index (χ0v) is 17.6. The van der Waals surface area contributed by atoms with Gasteiger partial charge in [0.25, 0.3) is 5.56 Å². The molecule has 0 bridgehead atoms. The summed E-state index contributed by atoms with van der Waals surface area (Å²) in [7, 11) is 0. The molecule has 0 aliphatic rings. The second-order valence-electron chi connectivity index (χ2n) is 7.54. The molecule has 0 spiro atoms. The van der Waals surface area contributed by atoms with E-state index >= 15 is 0 Å². The van der Waals surface area contributed by atoms with Gasteiger partial charge in [-0.15, -0.1) is 0 Å². The Bertz CT molecular complexity index is 1470. The Hall–Kier alpha value is -4.31. The van der Waals surface area contributed by atoms with Crippen molar-refractivity contribution in [2.45, 2.75) is 6.92 Å².